The summed E-state index contributed by atoms with van der Waals surface area (Å²) in [6.07, 6.45) is 15.1. The summed E-state index contributed by atoms with van der Waals surface area (Å²) in [5.41, 5.74) is 7.86. The minimum absolute atomic E-state index is 0.0102. The van der Waals surface area contributed by atoms with Gasteiger partial charge in [0.25, 0.3) is 0 Å². The lowest BCUT2D eigenvalue weighted by atomic mass is 9.73. The van der Waals surface area contributed by atoms with Crippen molar-refractivity contribution in [1.82, 2.24) is 0 Å². The molecule has 2 fully saturated rings. The third kappa shape index (κ3) is 10.8. The molecular weight excluding hydrogens is 692 g/mol. The second-order valence-corrected chi connectivity index (χ2v) is 16.4. The van der Waals surface area contributed by atoms with Crippen molar-refractivity contribution in [3.05, 3.63) is 167 Å². The number of halogens is 1. The number of ketones is 3. The Kier molecular flexibility index (Phi) is 14.6. The summed E-state index contributed by atoms with van der Waals surface area (Å²) in [5, 5.41) is 0. The van der Waals surface area contributed by atoms with Crippen molar-refractivity contribution in [2.24, 2.45) is 17.8 Å². The molecule has 56 heavy (non-hydrogen) atoms. The number of hydrogen-bond acceptors (Lipinski definition) is 3. The number of rotatable bonds is 18. The highest BCUT2D eigenvalue weighted by molar-refractivity contribution is 5.91. The van der Waals surface area contributed by atoms with Crippen LogP contribution in [0.1, 0.15) is 129 Å². The third-order valence-corrected chi connectivity index (χ3v) is 12.6. The molecule has 4 heteroatoms. The van der Waals surface area contributed by atoms with Gasteiger partial charge in [0.15, 0.2) is 0 Å². The number of aryl methyl sites for hydroxylation is 2. The van der Waals surface area contributed by atoms with Gasteiger partial charge in [-0.1, -0.05) is 136 Å². The van der Waals surface area contributed by atoms with Gasteiger partial charge in [-0.05, 0) is 122 Å². The van der Waals surface area contributed by atoms with Crippen LogP contribution in [0.2, 0.25) is 0 Å². The SMILES string of the molecule is C=C1CCC[C@H]1C(=O)C(C)c1ccc(CC(CCc2ccc(CCC(=O)[C@@H]3CCCC(C(=O)[C@H](/C=C\CC)c4ccccc4)C3)cc2)c2ccc(F)cc2)cc1. The van der Waals surface area contributed by atoms with Crippen LogP contribution in [0.3, 0.4) is 0 Å². The Morgan fingerprint density at radius 3 is 2.04 bits per heavy atom. The Hall–Kier alpha value is -4.70. The minimum Gasteiger partial charge on any atom is -0.299 e. The van der Waals surface area contributed by atoms with E-state index >= 15 is 0 Å². The van der Waals surface area contributed by atoms with Crippen LogP contribution in [0.15, 0.2) is 127 Å². The maximum absolute atomic E-state index is 13.9. The molecule has 0 N–H and O–H groups in total. The van der Waals surface area contributed by atoms with Crippen molar-refractivity contribution in [3.8, 4) is 0 Å². The van der Waals surface area contributed by atoms with Crippen LogP contribution in [0.4, 0.5) is 4.39 Å². The molecule has 0 bridgehead atoms. The van der Waals surface area contributed by atoms with E-state index in [-0.39, 0.29) is 58.7 Å². The molecule has 2 saturated carbocycles. The van der Waals surface area contributed by atoms with Crippen LogP contribution in [0.5, 0.6) is 0 Å². The Morgan fingerprint density at radius 2 is 1.38 bits per heavy atom. The molecule has 0 saturated heterocycles. The normalized spacial score (nSPS) is 20.1. The quantitative estimate of drug-likeness (QED) is 0.0952. The molecule has 2 aliphatic rings. The van der Waals surface area contributed by atoms with E-state index in [1.54, 1.807) is 12.1 Å². The second kappa shape index (κ2) is 19.9. The molecule has 3 nitrogen and oxygen atoms in total. The first-order chi connectivity index (χ1) is 27.2. The minimum atomic E-state index is -0.250. The van der Waals surface area contributed by atoms with E-state index in [4.69, 9.17) is 0 Å². The van der Waals surface area contributed by atoms with Crippen LogP contribution < -0.4 is 0 Å². The van der Waals surface area contributed by atoms with E-state index in [0.29, 0.717) is 19.3 Å². The van der Waals surface area contributed by atoms with Crippen molar-refractivity contribution in [3.63, 3.8) is 0 Å². The predicted octanol–water partition coefficient (Wildman–Crippen LogP) is 12.4. The fraction of sp³-hybridized carbons (Fsp3) is 0.404. The molecule has 6 rings (SSSR count). The summed E-state index contributed by atoms with van der Waals surface area (Å²) in [6, 6.07) is 34.1. The van der Waals surface area contributed by atoms with Crippen LogP contribution in [-0.2, 0) is 33.6 Å². The van der Waals surface area contributed by atoms with E-state index in [1.165, 1.54) is 11.1 Å². The molecule has 2 aliphatic carbocycles. The standard InChI is InChI=1S/C52H59FO3/c1-4-5-16-49(43-12-7-6-8-13-43)52(56)46-15-10-14-45(35-46)50(54)33-25-39-20-18-38(19-21-39)22-28-44(42-29-31-47(53)32-30-42)34-40-23-26-41(27-24-40)37(3)51(55)48-17-9-11-36(48)2/h5-8,12-13,16,18-21,23-24,26-27,29-32,37,44-46,48-49H,2,4,9-11,14-15,17,22,25,28,33-35H2,1,3H3/b16-5-/t37?,44?,45-,46?,48-,49-/m1/s1. The Bertz CT molecular complexity index is 1940. The number of Topliss-reactive ketones (excluding diaryl/α,β-unsaturated/α-hetero) is 3. The Labute approximate surface area is 334 Å². The summed E-state index contributed by atoms with van der Waals surface area (Å²) in [7, 11) is 0. The van der Waals surface area contributed by atoms with Gasteiger partial charge in [-0.15, -0.1) is 0 Å². The topological polar surface area (TPSA) is 51.2 Å². The maximum atomic E-state index is 13.9. The molecule has 0 heterocycles. The molecule has 0 aliphatic heterocycles. The van der Waals surface area contributed by atoms with Crippen LogP contribution in [0.25, 0.3) is 0 Å². The molecule has 6 atom stereocenters. The van der Waals surface area contributed by atoms with Crippen LogP contribution >= 0.6 is 0 Å². The number of hydrogen-bond donors (Lipinski definition) is 0. The molecule has 0 spiro atoms. The fourth-order valence-corrected chi connectivity index (χ4v) is 9.05. The first-order valence-corrected chi connectivity index (χ1v) is 21.1. The van der Waals surface area contributed by atoms with Gasteiger partial charge in [0.2, 0.25) is 0 Å². The summed E-state index contributed by atoms with van der Waals surface area (Å²) >= 11 is 0. The zero-order valence-corrected chi connectivity index (χ0v) is 33.4. The zero-order valence-electron chi connectivity index (χ0n) is 33.4. The van der Waals surface area contributed by atoms with Crippen molar-refractivity contribution < 1.29 is 18.8 Å². The number of carbonyl (C=O) groups is 3. The van der Waals surface area contributed by atoms with E-state index < -0.39 is 0 Å². The average molecular weight is 751 g/mol. The maximum Gasteiger partial charge on any atom is 0.147 e. The third-order valence-electron chi connectivity index (χ3n) is 12.6. The number of benzene rings is 4. The lowest BCUT2D eigenvalue weighted by molar-refractivity contribution is -0.128. The number of allylic oxidation sites excluding steroid dienone is 3. The summed E-state index contributed by atoms with van der Waals surface area (Å²) in [5.74, 6) is 0.236. The van der Waals surface area contributed by atoms with Gasteiger partial charge in [-0.25, -0.2) is 4.39 Å². The van der Waals surface area contributed by atoms with Gasteiger partial charge in [0, 0.05) is 30.1 Å². The van der Waals surface area contributed by atoms with Crippen LogP contribution in [-0.4, -0.2) is 17.3 Å². The highest BCUT2D eigenvalue weighted by atomic mass is 19.1. The van der Waals surface area contributed by atoms with Gasteiger partial charge in [0.1, 0.15) is 23.2 Å². The lowest BCUT2D eigenvalue weighted by Gasteiger charge is -2.29. The highest BCUT2D eigenvalue weighted by Gasteiger charge is 2.34. The van der Waals surface area contributed by atoms with Gasteiger partial charge in [0.05, 0.1) is 5.92 Å². The summed E-state index contributed by atoms with van der Waals surface area (Å²) in [4.78, 5) is 40.5. The lowest BCUT2D eigenvalue weighted by Crippen LogP contribution is -2.30. The van der Waals surface area contributed by atoms with Gasteiger partial charge in [-0.3, -0.25) is 14.4 Å². The smallest absolute Gasteiger partial charge is 0.147 e. The molecule has 4 aromatic rings. The van der Waals surface area contributed by atoms with Crippen molar-refractivity contribution >= 4 is 17.3 Å². The van der Waals surface area contributed by atoms with Crippen molar-refractivity contribution in [2.75, 3.05) is 0 Å². The molecule has 4 aromatic carbocycles. The fourth-order valence-electron chi connectivity index (χ4n) is 9.05. The van der Waals surface area contributed by atoms with Gasteiger partial charge < -0.3 is 0 Å². The first-order valence-electron chi connectivity index (χ1n) is 21.1. The average Bonchev–Trinajstić information content (AvgIpc) is 3.67. The zero-order chi connectivity index (χ0) is 39.4. The largest absolute Gasteiger partial charge is 0.299 e. The van der Waals surface area contributed by atoms with E-state index in [9.17, 15) is 18.8 Å². The first kappa shape index (κ1) is 40.9. The van der Waals surface area contributed by atoms with Crippen molar-refractivity contribution in [2.45, 2.75) is 115 Å². The monoisotopic (exact) mass is 750 g/mol. The molecule has 0 aromatic heterocycles. The molecule has 292 valence electrons. The van der Waals surface area contributed by atoms with Gasteiger partial charge in [-0.2, -0.15) is 0 Å². The second-order valence-electron chi connectivity index (χ2n) is 16.4. The molecule has 3 unspecified atom stereocenters. The summed E-state index contributed by atoms with van der Waals surface area (Å²) in [6.45, 7) is 8.24. The predicted molar refractivity (Wildman–Crippen MR) is 226 cm³/mol. The Balaban J connectivity index is 1.02. The number of carbonyl (C=O) groups excluding carboxylic acids is 3. The van der Waals surface area contributed by atoms with E-state index in [2.05, 4.69) is 74.2 Å². The molecule has 0 radical (unpaired) electrons. The van der Waals surface area contributed by atoms with Gasteiger partial charge >= 0.3 is 0 Å². The van der Waals surface area contributed by atoms with E-state index in [0.717, 1.165) is 92.0 Å². The molecule has 0 amide bonds. The summed E-state index contributed by atoms with van der Waals surface area (Å²) < 4.78 is 13.9. The van der Waals surface area contributed by atoms with E-state index in [1.807, 2.05) is 49.4 Å². The Morgan fingerprint density at radius 1 is 0.732 bits per heavy atom. The highest BCUT2D eigenvalue weighted by Crippen LogP contribution is 2.37. The van der Waals surface area contributed by atoms with Crippen molar-refractivity contribution in [1.29, 1.82) is 0 Å². The van der Waals surface area contributed by atoms with Crippen LogP contribution in [0, 0.1) is 23.6 Å². The molecular formula is C52H59FO3.